The molecule has 0 aliphatic heterocycles. The van der Waals surface area contributed by atoms with Crippen LogP contribution in [-0.4, -0.2) is 35.5 Å². The largest absolute Gasteiger partial charge is 0.481 e. The lowest BCUT2D eigenvalue weighted by molar-refractivity contribution is -0.312. The highest BCUT2D eigenvalue weighted by molar-refractivity contribution is 5.73. The van der Waals surface area contributed by atoms with Crippen molar-refractivity contribution in [3.05, 3.63) is 0 Å². The molecule has 2 unspecified atom stereocenters. The van der Waals surface area contributed by atoms with Gasteiger partial charge in [-0.1, -0.05) is 13.8 Å². The van der Waals surface area contributed by atoms with E-state index in [0.717, 1.165) is 6.42 Å². The predicted octanol–water partition coefficient (Wildman–Crippen LogP) is 1.84. The lowest BCUT2D eigenvalue weighted by Gasteiger charge is -2.19. The summed E-state index contributed by atoms with van der Waals surface area (Å²) in [5.41, 5.74) is -0.952. The second-order valence-electron chi connectivity index (χ2n) is 5.14. The molecule has 2 N–H and O–H groups in total. The zero-order valence-corrected chi connectivity index (χ0v) is 11.1. The molecule has 0 aliphatic carbocycles. The van der Waals surface area contributed by atoms with Gasteiger partial charge < -0.3 is 10.2 Å². The molecular weight excluding hydrogens is 224 g/mol. The number of aliphatic hydroxyl groups is 1. The van der Waals surface area contributed by atoms with Crippen LogP contribution in [0.15, 0.2) is 0 Å². The van der Waals surface area contributed by atoms with Crippen molar-refractivity contribution in [1.29, 1.82) is 0 Å². The summed E-state index contributed by atoms with van der Waals surface area (Å²) in [6.45, 7) is 7.37. The van der Waals surface area contributed by atoms with E-state index < -0.39 is 11.4 Å². The van der Waals surface area contributed by atoms with Crippen LogP contribution in [0.25, 0.3) is 0 Å². The summed E-state index contributed by atoms with van der Waals surface area (Å²) in [6.07, 6.45) is 1.06. The van der Waals surface area contributed by atoms with Gasteiger partial charge in [-0.05, 0) is 32.6 Å². The number of aliphatic hydroxyl groups excluding tert-OH is 1. The molecule has 17 heavy (non-hydrogen) atoms. The summed E-state index contributed by atoms with van der Waals surface area (Å²) in [7, 11) is 0. The molecule has 0 bridgehead atoms. The second kappa shape index (κ2) is 7.63. The first-order chi connectivity index (χ1) is 7.79. The minimum atomic E-state index is -0.952. The average Bonchev–Trinajstić information content (AvgIpc) is 2.24. The first kappa shape index (κ1) is 16.4. The molecule has 0 heterocycles. The molecule has 0 aromatic heterocycles. The number of rotatable bonds is 9. The quantitative estimate of drug-likeness (QED) is 0.370. The van der Waals surface area contributed by atoms with Crippen LogP contribution in [0.1, 0.15) is 40.5 Å². The van der Waals surface area contributed by atoms with Crippen LogP contribution < -0.4 is 0 Å². The van der Waals surface area contributed by atoms with Crippen molar-refractivity contribution in [1.82, 2.24) is 0 Å². The van der Waals surface area contributed by atoms with Crippen molar-refractivity contribution in [2.75, 3.05) is 13.2 Å². The highest BCUT2D eigenvalue weighted by Gasteiger charge is 2.28. The standard InChI is InChI=1S/C12H24O5/c1-5-10(13)6-9(2)7-16-17-8-12(3,4)11(14)15/h9-10,13H,5-8H2,1-4H3,(H,14,15). The fraction of sp³-hybridized carbons (Fsp3) is 0.917. The van der Waals surface area contributed by atoms with Crippen molar-refractivity contribution in [3.63, 3.8) is 0 Å². The van der Waals surface area contributed by atoms with Crippen LogP contribution in [0.3, 0.4) is 0 Å². The van der Waals surface area contributed by atoms with Gasteiger partial charge in [-0.15, -0.1) is 0 Å². The van der Waals surface area contributed by atoms with Gasteiger partial charge in [0.15, 0.2) is 0 Å². The Hall–Kier alpha value is -0.650. The summed E-state index contributed by atoms with van der Waals surface area (Å²) in [4.78, 5) is 20.6. The minimum absolute atomic E-state index is 0.00534. The maximum Gasteiger partial charge on any atom is 0.311 e. The van der Waals surface area contributed by atoms with Crippen LogP contribution in [0, 0.1) is 11.3 Å². The molecule has 0 aliphatic rings. The van der Waals surface area contributed by atoms with Crippen molar-refractivity contribution < 1.29 is 24.8 Å². The van der Waals surface area contributed by atoms with Crippen LogP contribution in [0.5, 0.6) is 0 Å². The van der Waals surface area contributed by atoms with Gasteiger partial charge in [0.05, 0.1) is 24.7 Å². The van der Waals surface area contributed by atoms with Gasteiger partial charge in [-0.2, -0.15) is 0 Å². The summed E-state index contributed by atoms with van der Waals surface area (Å²) < 4.78 is 0. The van der Waals surface area contributed by atoms with Crippen LogP contribution in [0.2, 0.25) is 0 Å². The molecule has 0 saturated carbocycles. The monoisotopic (exact) mass is 248 g/mol. The number of carboxylic acids is 1. The second-order valence-corrected chi connectivity index (χ2v) is 5.14. The summed E-state index contributed by atoms with van der Waals surface area (Å²) in [5.74, 6) is -0.742. The van der Waals surface area contributed by atoms with Gasteiger partial charge in [0, 0.05) is 0 Å². The first-order valence-corrected chi connectivity index (χ1v) is 5.95. The SMILES string of the molecule is CCC(O)CC(C)COOCC(C)(C)C(=O)O. The fourth-order valence-electron chi connectivity index (χ4n) is 1.11. The fourth-order valence-corrected chi connectivity index (χ4v) is 1.11. The van der Waals surface area contributed by atoms with Crippen LogP contribution >= 0.6 is 0 Å². The molecule has 102 valence electrons. The molecule has 0 saturated heterocycles. The van der Waals surface area contributed by atoms with E-state index in [4.69, 9.17) is 14.9 Å². The Kier molecular flexibility index (Phi) is 7.34. The molecule has 5 nitrogen and oxygen atoms in total. The van der Waals surface area contributed by atoms with Gasteiger partial charge >= 0.3 is 5.97 Å². The van der Waals surface area contributed by atoms with E-state index in [9.17, 15) is 9.90 Å². The van der Waals surface area contributed by atoms with Gasteiger partial charge in [0.2, 0.25) is 0 Å². The molecule has 2 atom stereocenters. The molecule has 0 spiro atoms. The molecule has 0 amide bonds. The minimum Gasteiger partial charge on any atom is -0.481 e. The van der Waals surface area contributed by atoms with Crippen molar-refractivity contribution in [2.24, 2.45) is 11.3 Å². The third-order valence-corrected chi connectivity index (χ3v) is 2.58. The lowest BCUT2D eigenvalue weighted by atomic mass is 9.96. The Labute approximate surface area is 103 Å². The van der Waals surface area contributed by atoms with Crippen molar-refractivity contribution >= 4 is 5.97 Å². The number of carbonyl (C=O) groups is 1. The topological polar surface area (TPSA) is 76.0 Å². The van der Waals surface area contributed by atoms with E-state index >= 15 is 0 Å². The summed E-state index contributed by atoms with van der Waals surface area (Å²) >= 11 is 0. The third-order valence-electron chi connectivity index (χ3n) is 2.58. The number of carboxylic acid groups (broad SMARTS) is 1. The number of hydrogen-bond acceptors (Lipinski definition) is 4. The third kappa shape index (κ3) is 7.31. The smallest absolute Gasteiger partial charge is 0.311 e. The zero-order valence-electron chi connectivity index (χ0n) is 11.1. The molecule has 0 radical (unpaired) electrons. The first-order valence-electron chi connectivity index (χ1n) is 5.95. The Morgan fingerprint density at radius 2 is 1.94 bits per heavy atom. The molecular formula is C12H24O5. The Morgan fingerprint density at radius 1 is 1.35 bits per heavy atom. The average molecular weight is 248 g/mol. The van der Waals surface area contributed by atoms with Crippen LogP contribution in [0.4, 0.5) is 0 Å². The predicted molar refractivity (Wildman–Crippen MR) is 63.4 cm³/mol. The molecule has 0 aromatic rings. The summed E-state index contributed by atoms with van der Waals surface area (Å²) in [6, 6.07) is 0. The summed E-state index contributed by atoms with van der Waals surface area (Å²) in [5, 5.41) is 18.2. The zero-order chi connectivity index (χ0) is 13.5. The van der Waals surface area contributed by atoms with E-state index in [0.29, 0.717) is 13.0 Å². The highest BCUT2D eigenvalue weighted by atomic mass is 17.2. The Bertz CT molecular complexity index is 227. The van der Waals surface area contributed by atoms with Gasteiger partial charge in [-0.3, -0.25) is 4.79 Å². The molecule has 0 aromatic carbocycles. The molecule has 0 fully saturated rings. The number of hydrogen-bond donors (Lipinski definition) is 2. The van der Waals surface area contributed by atoms with Gasteiger partial charge in [0.25, 0.3) is 0 Å². The normalized spacial score (nSPS) is 15.6. The molecule has 5 heteroatoms. The Balaban J connectivity index is 3.68. The number of aliphatic carboxylic acids is 1. The van der Waals surface area contributed by atoms with Crippen molar-refractivity contribution in [3.8, 4) is 0 Å². The lowest BCUT2D eigenvalue weighted by Crippen LogP contribution is -2.29. The van der Waals surface area contributed by atoms with Crippen molar-refractivity contribution in [2.45, 2.75) is 46.6 Å². The van der Waals surface area contributed by atoms with E-state index in [1.54, 1.807) is 13.8 Å². The van der Waals surface area contributed by atoms with Gasteiger partial charge in [0.1, 0.15) is 0 Å². The molecule has 0 rings (SSSR count). The van der Waals surface area contributed by atoms with E-state index in [2.05, 4.69) is 0 Å². The van der Waals surface area contributed by atoms with E-state index in [1.807, 2.05) is 13.8 Å². The highest BCUT2D eigenvalue weighted by Crippen LogP contribution is 2.16. The van der Waals surface area contributed by atoms with Gasteiger partial charge in [-0.25, -0.2) is 9.78 Å². The van der Waals surface area contributed by atoms with Crippen LogP contribution in [-0.2, 0) is 14.6 Å². The van der Waals surface area contributed by atoms with E-state index in [-0.39, 0.29) is 18.6 Å². The Morgan fingerprint density at radius 3 is 2.41 bits per heavy atom. The maximum atomic E-state index is 10.8. The maximum absolute atomic E-state index is 10.8. The van der Waals surface area contributed by atoms with E-state index in [1.165, 1.54) is 0 Å².